The quantitative estimate of drug-likeness (QED) is 0.217. The summed E-state index contributed by atoms with van der Waals surface area (Å²) < 4.78 is 0. The first-order valence-corrected chi connectivity index (χ1v) is 13.7. The van der Waals surface area contributed by atoms with Crippen LogP contribution in [0.1, 0.15) is 31.7 Å². The largest absolute Gasteiger partial charge is 0.0648 e. The number of hydrogen-bond donors (Lipinski definition) is 0. The van der Waals surface area contributed by atoms with Crippen molar-refractivity contribution in [3.05, 3.63) is 133 Å². The molecule has 0 saturated carbocycles. The molecule has 0 radical (unpaired) electrons. The minimum absolute atomic E-state index is 0.507. The Hall–Kier alpha value is -4.42. The zero-order valence-electron chi connectivity index (χ0n) is 21.9. The van der Waals surface area contributed by atoms with E-state index in [1.54, 1.807) is 0 Å². The van der Waals surface area contributed by atoms with Crippen LogP contribution in [0.3, 0.4) is 0 Å². The standard InChI is InChI=1S/C38H30/c1-3-25(2)28-22-23-35-36(24-28)38(32-21-11-15-27-13-5-7-17-30(27)32)34-19-9-8-18-33(34)37(35)31-20-10-14-26-12-4-6-16-29(26)31/h4-25H,3H2,1-2H3. The molecule has 182 valence electrons. The van der Waals surface area contributed by atoms with Crippen molar-refractivity contribution < 1.29 is 0 Å². The van der Waals surface area contributed by atoms with E-state index in [0.29, 0.717) is 5.92 Å². The van der Waals surface area contributed by atoms with Gasteiger partial charge in [0, 0.05) is 0 Å². The van der Waals surface area contributed by atoms with E-state index in [4.69, 9.17) is 0 Å². The van der Waals surface area contributed by atoms with Crippen molar-refractivity contribution >= 4 is 43.1 Å². The number of benzene rings is 7. The highest BCUT2D eigenvalue weighted by Gasteiger charge is 2.20. The average molecular weight is 487 g/mol. The topological polar surface area (TPSA) is 0 Å². The minimum Gasteiger partial charge on any atom is -0.0648 e. The Morgan fingerprint density at radius 2 is 0.895 bits per heavy atom. The Labute approximate surface area is 224 Å². The highest BCUT2D eigenvalue weighted by atomic mass is 14.2. The molecule has 0 aliphatic rings. The average Bonchev–Trinajstić information content (AvgIpc) is 2.99. The van der Waals surface area contributed by atoms with Crippen LogP contribution in [-0.2, 0) is 0 Å². The SMILES string of the molecule is CCC(C)c1ccc2c(-c3cccc4ccccc34)c3ccccc3c(-c3cccc4ccccc34)c2c1. The van der Waals surface area contributed by atoms with Crippen molar-refractivity contribution in [2.45, 2.75) is 26.2 Å². The smallest absolute Gasteiger partial charge is 0.00200 e. The molecule has 7 rings (SSSR count). The van der Waals surface area contributed by atoms with Gasteiger partial charge in [-0.2, -0.15) is 0 Å². The van der Waals surface area contributed by atoms with Gasteiger partial charge in [0.1, 0.15) is 0 Å². The van der Waals surface area contributed by atoms with Gasteiger partial charge in [-0.05, 0) is 83.2 Å². The van der Waals surface area contributed by atoms with Crippen LogP contribution >= 0.6 is 0 Å². The third kappa shape index (κ3) is 3.52. The zero-order valence-corrected chi connectivity index (χ0v) is 21.9. The summed E-state index contributed by atoms with van der Waals surface area (Å²) in [7, 11) is 0. The van der Waals surface area contributed by atoms with Crippen molar-refractivity contribution in [1.82, 2.24) is 0 Å². The van der Waals surface area contributed by atoms with Crippen LogP contribution < -0.4 is 0 Å². The first-order valence-electron chi connectivity index (χ1n) is 13.7. The summed E-state index contributed by atoms with van der Waals surface area (Å²) in [5.74, 6) is 0.507. The Balaban J connectivity index is 1.70. The van der Waals surface area contributed by atoms with E-state index in [1.807, 2.05) is 0 Å². The van der Waals surface area contributed by atoms with Gasteiger partial charge in [-0.15, -0.1) is 0 Å². The molecule has 7 aromatic rings. The summed E-state index contributed by atoms with van der Waals surface area (Å²) in [5.41, 5.74) is 6.66. The van der Waals surface area contributed by atoms with E-state index in [0.717, 1.165) is 6.42 Å². The lowest BCUT2D eigenvalue weighted by Crippen LogP contribution is -1.95. The molecule has 0 N–H and O–H groups in total. The van der Waals surface area contributed by atoms with E-state index in [1.165, 1.54) is 70.9 Å². The van der Waals surface area contributed by atoms with Crippen LogP contribution in [-0.4, -0.2) is 0 Å². The van der Waals surface area contributed by atoms with Crippen LogP contribution in [0.25, 0.3) is 65.3 Å². The fourth-order valence-corrected chi connectivity index (χ4v) is 6.21. The third-order valence-electron chi connectivity index (χ3n) is 8.35. The summed E-state index contributed by atoms with van der Waals surface area (Å²) in [6.07, 6.45) is 1.12. The van der Waals surface area contributed by atoms with Gasteiger partial charge in [0.15, 0.2) is 0 Å². The van der Waals surface area contributed by atoms with E-state index in [9.17, 15) is 0 Å². The molecule has 0 heterocycles. The molecule has 0 amide bonds. The number of rotatable bonds is 4. The van der Waals surface area contributed by atoms with Crippen molar-refractivity contribution in [2.75, 3.05) is 0 Å². The molecule has 0 aliphatic heterocycles. The minimum atomic E-state index is 0.507. The van der Waals surface area contributed by atoms with Crippen LogP contribution in [0.15, 0.2) is 127 Å². The molecule has 0 fully saturated rings. The molecule has 0 saturated heterocycles. The monoisotopic (exact) mass is 486 g/mol. The summed E-state index contributed by atoms with van der Waals surface area (Å²) in [4.78, 5) is 0. The predicted octanol–water partition coefficient (Wildman–Crippen LogP) is 11.1. The second-order valence-corrected chi connectivity index (χ2v) is 10.5. The lowest BCUT2D eigenvalue weighted by Gasteiger charge is -2.21. The first kappa shape index (κ1) is 22.8. The van der Waals surface area contributed by atoms with Crippen LogP contribution in [0.5, 0.6) is 0 Å². The number of fused-ring (bicyclic) bond motifs is 4. The van der Waals surface area contributed by atoms with Gasteiger partial charge in [0.05, 0.1) is 0 Å². The molecule has 1 unspecified atom stereocenters. The fraction of sp³-hybridized carbons (Fsp3) is 0.105. The Bertz CT molecular complexity index is 1960. The summed E-state index contributed by atoms with van der Waals surface area (Å²) >= 11 is 0. The van der Waals surface area contributed by atoms with E-state index in [-0.39, 0.29) is 0 Å². The highest BCUT2D eigenvalue weighted by Crippen LogP contribution is 2.47. The van der Waals surface area contributed by atoms with Crippen LogP contribution in [0, 0.1) is 0 Å². The second kappa shape index (κ2) is 9.15. The van der Waals surface area contributed by atoms with E-state index in [2.05, 4.69) is 141 Å². The molecule has 0 bridgehead atoms. The van der Waals surface area contributed by atoms with Gasteiger partial charge in [0.25, 0.3) is 0 Å². The van der Waals surface area contributed by atoms with Crippen LogP contribution in [0.4, 0.5) is 0 Å². The van der Waals surface area contributed by atoms with Crippen molar-refractivity contribution in [3.63, 3.8) is 0 Å². The summed E-state index contributed by atoms with van der Waals surface area (Å²) in [6.45, 7) is 4.62. The molecule has 0 nitrogen and oxygen atoms in total. The van der Waals surface area contributed by atoms with Crippen LogP contribution in [0.2, 0.25) is 0 Å². The molecule has 0 spiro atoms. The van der Waals surface area contributed by atoms with Gasteiger partial charge in [-0.25, -0.2) is 0 Å². The fourth-order valence-electron chi connectivity index (χ4n) is 6.21. The Morgan fingerprint density at radius 1 is 0.447 bits per heavy atom. The van der Waals surface area contributed by atoms with Crippen molar-refractivity contribution in [2.24, 2.45) is 0 Å². The maximum atomic E-state index is 2.47. The zero-order chi connectivity index (χ0) is 25.6. The Kier molecular flexibility index (Phi) is 5.48. The molecular weight excluding hydrogens is 456 g/mol. The molecule has 0 aromatic heterocycles. The van der Waals surface area contributed by atoms with Gasteiger partial charge < -0.3 is 0 Å². The molecule has 1 atom stereocenters. The summed E-state index contributed by atoms with van der Waals surface area (Å²) in [6, 6.07) is 47.2. The first-order chi connectivity index (χ1) is 18.7. The van der Waals surface area contributed by atoms with Gasteiger partial charge in [0.2, 0.25) is 0 Å². The molecule has 38 heavy (non-hydrogen) atoms. The normalized spacial score (nSPS) is 12.5. The maximum Gasteiger partial charge on any atom is -0.00200 e. The molecular formula is C38H30. The molecule has 0 heteroatoms. The second-order valence-electron chi connectivity index (χ2n) is 10.5. The van der Waals surface area contributed by atoms with Crippen molar-refractivity contribution in [3.8, 4) is 22.3 Å². The lowest BCUT2D eigenvalue weighted by atomic mass is 9.82. The molecule has 0 aliphatic carbocycles. The maximum absolute atomic E-state index is 2.47. The van der Waals surface area contributed by atoms with Gasteiger partial charge in [-0.1, -0.05) is 141 Å². The lowest BCUT2D eigenvalue weighted by molar-refractivity contribution is 0.735. The number of hydrogen-bond acceptors (Lipinski definition) is 0. The van der Waals surface area contributed by atoms with E-state index >= 15 is 0 Å². The van der Waals surface area contributed by atoms with E-state index < -0.39 is 0 Å². The molecule has 7 aromatic carbocycles. The predicted molar refractivity (Wildman–Crippen MR) is 166 cm³/mol. The van der Waals surface area contributed by atoms with Gasteiger partial charge >= 0.3 is 0 Å². The van der Waals surface area contributed by atoms with Crippen molar-refractivity contribution in [1.29, 1.82) is 0 Å². The highest BCUT2D eigenvalue weighted by molar-refractivity contribution is 6.25. The third-order valence-corrected chi connectivity index (χ3v) is 8.35. The Morgan fingerprint density at radius 3 is 1.45 bits per heavy atom. The van der Waals surface area contributed by atoms with Gasteiger partial charge in [-0.3, -0.25) is 0 Å². The summed E-state index contributed by atoms with van der Waals surface area (Å²) in [5, 5.41) is 10.4.